The first-order valence-electron chi connectivity index (χ1n) is 3.99. The smallest absolute Gasteiger partial charge is 0.373 e. The number of nitrogens with one attached hydrogen (secondary N) is 1. The van der Waals surface area contributed by atoms with E-state index >= 15 is 0 Å². The highest BCUT2D eigenvalue weighted by molar-refractivity contribution is 5.40. The number of nitrogens with zero attached hydrogens (tertiary/aromatic N) is 1. The molecule has 16 heavy (non-hydrogen) atoms. The monoisotopic (exact) mass is 244 g/mol. The van der Waals surface area contributed by atoms with Gasteiger partial charge in [-0.3, -0.25) is 0 Å². The maximum absolute atomic E-state index is 12.2. The van der Waals surface area contributed by atoms with Gasteiger partial charge in [-0.15, -0.1) is 0 Å². The summed E-state index contributed by atoms with van der Waals surface area (Å²) in [6.45, 7) is 0. The number of rotatable bonds is 1. The van der Waals surface area contributed by atoms with Crippen molar-refractivity contribution in [3.8, 4) is 0 Å². The lowest BCUT2D eigenvalue weighted by Crippen LogP contribution is -2.14. The molecule has 0 unspecified atom stereocenters. The highest BCUT2D eigenvalue weighted by Crippen LogP contribution is 2.35. The van der Waals surface area contributed by atoms with Crippen molar-refractivity contribution in [3.05, 3.63) is 23.4 Å². The Balaban J connectivity index is 3.33. The first kappa shape index (κ1) is 12.6. The number of alkyl halides is 6. The minimum absolute atomic E-state index is 0.0269. The van der Waals surface area contributed by atoms with Crippen molar-refractivity contribution in [3.63, 3.8) is 0 Å². The van der Waals surface area contributed by atoms with Gasteiger partial charge in [0.15, 0.2) is 0 Å². The lowest BCUT2D eigenvalue weighted by molar-refractivity contribution is -0.145. The molecule has 0 radical (unpaired) electrons. The summed E-state index contributed by atoms with van der Waals surface area (Å²) in [6, 6.07) is 0.482. The second-order valence-corrected chi connectivity index (χ2v) is 2.87. The molecule has 1 N–H and O–H groups in total. The van der Waals surface area contributed by atoms with Gasteiger partial charge in [0, 0.05) is 7.05 Å². The van der Waals surface area contributed by atoms with Crippen LogP contribution in [0.1, 0.15) is 11.3 Å². The lowest BCUT2D eigenvalue weighted by atomic mass is 10.2. The van der Waals surface area contributed by atoms with Crippen LogP contribution in [0.25, 0.3) is 0 Å². The van der Waals surface area contributed by atoms with E-state index in [0.29, 0.717) is 6.07 Å². The minimum atomic E-state index is -4.91. The maximum atomic E-state index is 12.2. The molecule has 0 fully saturated rings. The Morgan fingerprint density at radius 3 is 1.94 bits per heavy atom. The van der Waals surface area contributed by atoms with Crippen molar-refractivity contribution < 1.29 is 26.3 Å². The van der Waals surface area contributed by atoms with Crippen molar-refractivity contribution in [2.24, 2.45) is 0 Å². The molecule has 0 spiro atoms. The van der Waals surface area contributed by atoms with E-state index in [1.54, 1.807) is 0 Å². The molecular weight excluding hydrogens is 238 g/mol. The van der Waals surface area contributed by atoms with Crippen LogP contribution in [-0.2, 0) is 12.4 Å². The summed E-state index contributed by atoms with van der Waals surface area (Å²) >= 11 is 0. The number of hydrogen-bond acceptors (Lipinski definition) is 2. The topological polar surface area (TPSA) is 24.9 Å². The molecule has 0 amide bonds. The normalized spacial score (nSPS) is 12.7. The predicted octanol–water partition coefficient (Wildman–Crippen LogP) is 3.16. The van der Waals surface area contributed by atoms with Gasteiger partial charge in [-0.25, -0.2) is 4.98 Å². The zero-order valence-corrected chi connectivity index (χ0v) is 7.87. The molecule has 1 aromatic heterocycles. The first-order valence-corrected chi connectivity index (χ1v) is 3.99. The summed E-state index contributed by atoms with van der Waals surface area (Å²) in [5.41, 5.74) is -2.97. The third-order valence-corrected chi connectivity index (χ3v) is 1.70. The Morgan fingerprint density at radius 1 is 1.00 bits per heavy atom. The van der Waals surface area contributed by atoms with E-state index in [-0.39, 0.29) is 6.07 Å². The molecule has 1 aromatic rings. The van der Waals surface area contributed by atoms with Crippen LogP contribution >= 0.6 is 0 Å². The van der Waals surface area contributed by atoms with Crippen molar-refractivity contribution in [1.29, 1.82) is 0 Å². The van der Waals surface area contributed by atoms with Crippen LogP contribution in [0.5, 0.6) is 0 Å². The van der Waals surface area contributed by atoms with Gasteiger partial charge >= 0.3 is 12.4 Å². The fourth-order valence-electron chi connectivity index (χ4n) is 0.968. The van der Waals surface area contributed by atoms with Gasteiger partial charge in [0.25, 0.3) is 0 Å². The van der Waals surface area contributed by atoms with Gasteiger partial charge in [0.05, 0.1) is 5.56 Å². The Kier molecular flexibility index (Phi) is 3.02. The van der Waals surface area contributed by atoms with E-state index in [4.69, 9.17) is 0 Å². The fourth-order valence-corrected chi connectivity index (χ4v) is 0.968. The largest absolute Gasteiger partial charge is 0.433 e. The third-order valence-electron chi connectivity index (χ3n) is 1.70. The van der Waals surface area contributed by atoms with Crippen molar-refractivity contribution >= 4 is 5.82 Å². The number of hydrogen-bond donors (Lipinski definition) is 1. The SMILES string of the molecule is CNc1cc(C(F)(F)F)cc(C(F)(F)F)n1. The summed E-state index contributed by atoms with van der Waals surface area (Å²) in [6.07, 6.45) is -9.75. The average molecular weight is 244 g/mol. The fraction of sp³-hybridized carbons (Fsp3) is 0.375. The quantitative estimate of drug-likeness (QED) is 0.767. The van der Waals surface area contributed by atoms with Crippen molar-refractivity contribution in [2.75, 3.05) is 12.4 Å². The van der Waals surface area contributed by atoms with E-state index in [0.717, 1.165) is 0 Å². The third kappa shape index (κ3) is 2.77. The van der Waals surface area contributed by atoms with E-state index in [9.17, 15) is 26.3 Å². The summed E-state index contributed by atoms with van der Waals surface area (Å²) in [4.78, 5) is 3.00. The van der Waals surface area contributed by atoms with E-state index in [1.165, 1.54) is 7.05 Å². The molecular formula is C8H6F6N2. The number of halogens is 6. The summed E-state index contributed by atoms with van der Waals surface area (Å²) in [5.74, 6) is -0.484. The number of pyridine rings is 1. The van der Waals surface area contributed by atoms with Gasteiger partial charge in [-0.2, -0.15) is 26.3 Å². The average Bonchev–Trinajstić information content (AvgIpc) is 2.14. The summed E-state index contributed by atoms with van der Waals surface area (Å²) in [7, 11) is 1.18. The zero-order chi connectivity index (χ0) is 12.6. The first-order chi connectivity index (χ1) is 7.14. The molecule has 0 bridgehead atoms. The highest BCUT2D eigenvalue weighted by Gasteiger charge is 2.38. The second-order valence-electron chi connectivity index (χ2n) is 2.87. The standard InChI is InChI=1S/C8H6F6N2/c1-15-6-3-4(7(9,10)11)2-5(16-6)8(12,13)14/h2-3H,1H3,(H,15,16). The van der Waals surface area contributed by atoms with Crippen LogP contribution < -0.4 is 5.32 Å². The van der Waals surface area contributed by atoms with Crippen LogP contribution in [0, 0.1) is 0 Å². The van der Waals surface area contributed by atoms with E-state index in [1.807, 2.05) is 0 Å². The van der Waals surface area contributed by atoms with Gasteiger partial charge in [0.2, 0.25) is 0 Å². The number of anilines is 1. The summed E-state index contributed by atoms with van der Waals surface area (Å²) < 4.78 is 73.4. The molecule has 0 aromatic carbocycles. The van der Waals surface area contributed by atoms with Crippen LogP contribution in [-0.4, -0.2) is 12.0 Å². The maximum Gasteiger partial charge on any atom is 0.433 e. The van der Waals surface area contributed by atoms with Crippen LogP contribution in [0.15, 0.2) is 12.1 Å². The van der Waals surface area contributed by atoms with E-state index in [2.05, 4.69) is 10.3 Å². The van der Waals surface area contributed by atoms with Crippen molar-refractivity contribution in [2.45, 2.75) is 12.4 Å². The minimum Gasteiger partial charge on any atom is -0.373 e. The molecule has 1 heterocycles. The number of aromatic nitrogens is 1. The molecule has 90 valence electrons. The molecule has 0 aliphatic heterocycles. The van der Waals surface area contributed by atoms with Gasteiger partial charge < -0.3 is 5.32 Å². The predicted molar refractivity (Wildman–Crippen MR) is 43.8 cm³/mol. The molecule has 0 atom stereocenters. The Labute approximate surface area is 86.3 Å². The zero-order valence-electron chi connectivity index (χ0n) is 7.87. The molecule has 0 aliphatic carbocycles. The molecule has 1 rings (SSSR count). The van der Waals surface area contributed by atoms with Crippen LogP contribution in [0.4, 0.5) is 32.2 Å². The highest BCUT2D eigenvalue weighted by atomic mass is 19.4. The molecule has 0 aliphatic rings. The molecule has 0 saturated heterocycles. The molecule has 8 heteroatoms. The van der Waals surface area contributed by atoms with Gasteiger partial charge in [0.1, 0.15) is 11.5 Å². The Hall–Kier alpha value is -1.47. The lowest BCUT2D eigenvalue weighted by Gasteiger charge is -2.12. The van der Waals surface area contributed by atoms with Gasteiger partial charge in [-0.1, -0.05) is 0 Å². The molecule has 0 saturated carbocycles. The molecule has 2 nitrogen and oxygen atoms in total. The Bertz CT molecular complexity index is 349. The van der Waals surface area contributed by atoms with Crippen LogP contribution in [0.3, 0.4) is 0 Å². The van der Waals surface area contributed by atoms with Gasteiger partial charge in [-0.05, 0) is 12.1 Å². The van der Waals surface area contributed by atoms with E-state index < -0.39 is 29.4 Å². The Morgan fingerprint density at radius 2 is 1.56 bits per heavy atom. The summed E-state index contributed by atoms with van der Waals surface area (Å²) in [5, 5.41) is 2.14. The van der Waals surface area contributed by atoms with Crippen molar-refractivity contribution in [1.82, 2.24) is 4.98 Å². The van der Waals surface area contributed by atoms with Crippen LogP contribution in [0.2, 0.25) is 0 Å². The second kappa shape index (κ2) is 3.84.